The molecule has 18 heavy (non-hydrogen) atoms. The minimum atomic E-state index is 0.104. The molecule has 0 bridgehead atoms. The summed E-state index contributed by atoms with van der Waals surface area (Å²) < 4.78 is 0. The topological polar surface area (TPSA) is 58.1 Å². The van der Waals surface area contributed by atoms with E-state index in [9.17, 15) is 4.79 Å². The van der Waals surface area contributed by atoms with Gasteiger partial charge in [-0.3, -0.25) is 4.79 Å². The van der Waals surface area contributed by atoms with Crippen LogP contribution in [0.4, 0.5) is 5.82 Å². The lowest BCUT2D eigenvalue weighted by atomic mass is 9.92. The van der Waals surface area contributed by atoms with Gasteiger partial charge in [0.05, 0.1) is 5.92 Å². The fourth-order valence-electron chi connectivity index (χ4n) is 2.52. The lowest BCUT2D eigenvalue weighted by Crippen LogP contribution is -2.43. The van der Waals surface area contributed by atoms with Crippen LogP contribution in [0.1, 0.15) is 25.7 Å². The summed E-state index contributed by atoms with van der Waals surface area (Å²) in [7, 11) is 0. The molecule has 1 N–H and O–H groups in total. The fraction of sp³-hybridized carbons (Fsp3) is 0.615. The summed E-state index contributed by atoms with van der Waals surface area (Å²) in [6, 6.07) is 4.26. The molecule has 2 fully saturated rings. The van der Waals surface area contributed by atoms with E-state index in [1.165, 1.54) is 6.42 Å². The first kappa shape index (κ1) is 11.4. The van der Waals surface area contributed by atoms with Gasteiger partial charge >= 0.3 is 0 Å². The third kappa shape index (κ3) is 2.30. The minimum absolute atomic E-state index is 0.104. The van der Waals surface area contributed by atoms with Crippen molar-refractivity contribution in [2.75, 3.05) is 18.0 Å². The van der Waals surface area contributed by atoms with Gasteiger partial charge in [0.15, 0.2) is 5.82 Å². The number of rotatable bonds is 3. The summed E-state index contributed by atoms with van der Waals surface area (Å²) in [4.78, 5) is 14.2. The third-order valence-electron chi connectivity index (χ3n) is 3.89. The van der Waals surface area contributed by atoms with Crippen molar-refractivity contribution in [2.24, 2.45) is 5.92 Å². The molecule has 1 aliphatic heterocycles. The molecule has 2 aliphatic rings. The van der Waals surface area contributed by atoms with E-state index in [1.54, 1.807) is 6.20 Å². The number of carbonyl (C=O) groups is 1. The maximum absolute atomic E-state index is 12.1. The number of aromatic nitrogens is 2. The number of nitrogens with one attached hydrogen (secondary N) is 1. The highest BCUT2D eigenvalue weighted by molar-refractivity contribution is 5.80. The van der Waals surface area contributed by atoms with E-state index in [1.807, 2.05) is 12.1 Å². The van der Waals surface area contributed by atoms with Crippen LogP contribution in [0.25, 0.3) is 0 Å². The molecule has 1 amide bonds. The monoisotopic (exact) mass is 246 g/mol. The van der Waals surface area contributed by atoms with Gasteiger partial charge in [0, 0.05) is 25.3 Å². The first-order chi connectivity index (χ1) is 8.83. The summed E-state index contributed by atoms with van der Waals surface area (Å²) in [5, 5.41) is 11.1. The van der Waals surface area contributed by atoms with Crippen LogP contribution in [0.5, 0.6) is 0 Å². The van der Waals surface area contributed by atoms with E-state index < -0.39 is 0 Å². The van der Waals surface area contributed by atoms with Crippen molar-refractivity contribution in [1.29, 1.82) is 0 Å². The molecule has 1 aromatic heterocycles. The Balaban J connectivity index is 1.56. The van der Waals surface area contributed by atoms with Crippen molar-refractivity contribution >= 4 is 11.7 Å². The molecule has 0 unspecified atom stereocenters. The molecule has 1 aliphatic carbocycles. The highest BCUT2D eigenvalue weighted by atomic mass is 16.2. The molecule has 1 saturated heterocycles. The largest absolute Gasteiger partial charge is 0.354 e. The summed E-state index contributed by atoms with van der Waals surface area (Å²) in [5.74, 6) is 1.19. The van der Waals surface area contributed by atoms with Gasteiger partial charge in [-0.05, 0) is 37.8 Å². The molecule has 96 valence electrons. The Bertz CT molecular complexity index is 418. The van der Waals surface area contributed by atoms with Gasteiger partial charge < -0.3 is 10.2 Å². The zero-order chi connectivity index (χ0) is 12.4. The van der Waals surface area contributed by atoms with Gasteiger partial charge in [0.1, 0.15) is 0 Å². The molecular weight excluding hydrogens is 228 g/mol. The van der Waals surface area contributed by atoms with Gasteiger partial charge in [-0.25, -0.2) is 0 Å². The van der Waals surface area contributed by atoms with Crippen LogP contribution in [0, 0.1) is 5.92 Å². The zero-order valence-electron chi connectivity index (χ0n) is 10.4. The molecule has 5 nitrogen and oxygen atoms in total. The van der Waals surface area contributed by atoms with Crippen LogP contribution >= 0.6 is 0 Å². The van der Waals surface area contributed by atoms with Gasteiger partial charge in [0.2, 0.25) is 5.91 Å². The average molecular weight is 246 g/mol. The number of hydrogen-bond acceptors (Lipinski definition) is 4. The molecule has 1 atom stereocenters. The Hall–Kier alpha value is -1.65. The van der Waals surface area contributed by atoms with Crippen LogP contribution in [-0.4, -0.2) is 35.2 Å². The van der Waals surface area contributed by atoms with Gasteiger partial charge in [0.25, 0.3) is 0 Å². The number of carbonyl (C=O) groups excluding carboxylic acids is 1. The molecular formula is C13H18N4O. The summed E-state index contributed by atoms with van der Waals surface area (Å²) >= 11 is 0. The maximum Gasteiger partial charge on any atom is 0.225 e. The Kier molecular flexibility index (Phi) is 3.13. The molecule has 0 radical (unpaired) electrons. The SMILES string of the molecule is O=C(NC1CCC1)[C@@H]1CCN(c2cccnn2)C1. The quantitative estimate of drug-likeness (QED) is 0.863. The number of hydrogen-bond donors (Lipinski definition) is 1. The van der Waals surface area contributed by atoms with E-state index in [0.717, 1.165) is 38.2 Å². The van der Waals surface area contributed by atoms with Crippen molar-refractivity contribution in [2.45, 2.75) is 31.7 Å². The molecule has 1 saturated carbocycles. The number of anilines is 1. The Morgan fingerprint density at radius 2 is 2.28 bits per heavy atom. The van der Waals surface area contributed by atoms with Crippen LogP contribution in [0.3, 0.4) is 0 Å². The number of nitrogens with zero attached hydrogens (tertiary/aromatic N) is 3. The summed E-state index contributed by atoms with van der Waals surface area (Å²) in [5.41, 5.74) is 0. The Labute approximate surface area is 107 Å². The second kappa shape index (κ2) is 4.92. The van der Waals surface area contributed by atoms with Gasteiger partial charge in [-0.15, -0.1) is 5.10 Å². The van der Waals surface area contributed by atoms with Crippen molar-refractivity contribution < 1.29 is 4.79 Å². The second-order valence-electron chi connectivity index (χ2n) is 5.15. The average Bonchev–Trinajstić information content (AvgIpc) is 2.84. The molecule has 5 heteroatoms. The number of amides is 1. The maximum atomic E-state index is 12.1. The molecule has 3 rings (SSSR count). The van der Waals surface area contributed by atoms with Crippen LogP contribution in [-0.2, 0) is 4.79 Å². The van der Waals surface area contributed by atoms with Gasteiger partial charge in [-0.2, -0.15) is 5.10 Å². The van der Waals surface area contributed by atoms with Crippen molar-refractivity contribution in [3.05, 3.63) is 18.3 Å². The fourth-order valence-corrected chi connectivity index (χ4v) is 2.52. The zero-order valence-corrected chi connectivity index (χ0v) is 10.4. The Morgan fingerprint density at radius 3 is 2.94 bits per heavy atom. The van der Waals surface area contributed by atoms with Crippen molar-refractivity contribution in [1.82, 2.24) is 15.5 Å². The molecule has 1 aromatic rings. The van der Waals surface area contributed by atoms with Gasteiger partial charge in [-0.1, -0.05) is 0 Å². The van der Waals surface area contributed by atoms with E-state index in [4.69, 9.17) is 0 Å². The van der Waals surface area contributed by atoms with Crippen molar-refractivity contribution in [3.8, 4) is 0 Å². The molecule has 0 aromatic carbocycles. The lowest BCUT2D eigenvalue weighted by Gasteiger charge is -2.27. The third-order valence-corrected chi connectivity index (χ3v) is 3.89. The van der Waals surface area contributed by atoms with Crippen molar-refractivity contribution in [3.63, 3.8) is 0 Å². The van der Waals surface area contributed by atoms with Crippen LogP contribution in [0.2, 0.25) is 0 Å². The minimum Gasteiger partial charge on any atom is -0.354 e. The van der Waals surface area contributed by atoms with E-state index in [2.05, 4.69) is 20.4 Å². The normalized spacial score (nSPS) is 23.8. The molecule has 2 heterocycles. The van der Waals surface area contributed by atoms with Crippen LogP contribution < -0.4 is 10.2 Å². The van der Waals surface area contributed by atoms with E-state index in [-0.39, 0.29) is 11.8 Å². The predicted molar refractivity (Wildman–Crippen MR) is 68.1 cm³/mol. The predicted octanol–water partition coefficient (Wildman–Crippen LogP) is 0.972. The highest BCUT2D eigenvalue weighted by Gasteiger charge is 2.31. The highest BCUT2D eigenvalue weighted by Crippen LogP contribution is 2.23. The van der Waals surface area contributed by atoms with E-state index >= 15 is 0 Å². The molecule has 0 spiro atoms. The lowest BCUT2D eigenvalue weighted by molar-refractivity contribution is -0.125. The standard InChI is InChI=1S/C13H18N4O/c18-13(15-11-3-1-4-11)10-6-8-17(9-10)12-5-2-7-14-16-12/h2,5,7,10-11H,1,3-4,6,8-9H2,(H,15,18)/t10-/m1/s1. The second-order valence-corrected chi connectivity index (χ2v) is 5.15. The summed E-state index contributed by atoms with van der Waals surface area (Å²) in [6.45, 7) is 1.65. The smallest absolute Gasteiger partial charge is 0.225 e. The summed E-state index contributed by atoms with van der Waals surface area (Å²) in [6.07, 6.45) is 6.12. The van der Waals surface area contributed by atoms with Crippen LogP contribution in [0.15, 0.2) is 18.3 Å². The first-order valence-electron chi connectivity index (χ1n) is 6.66. The first-order valence-corrected chi connectivity index (χ1v) is 6.66. The Morgan fingerprint density at radius 1 is 1.39 bits per heavy atom. The van der Waals surface area contributed by atoms with E-state index in [0.29, 0.717) is 6.04 Å².